The van der Waals surface area contributed by atoms with Gasteiger partial charge in [-0.15, -0.1) is 11.8 Å². The number of nitrogens with one attached hydrogen (secondary N) is 2. The topological polar surface area (TPSA) is 111 Å². The molecular formula is C15H23N3O4S2. The highest BCUT2D eigenvalue weighted by Gasteiger charge is 2.15. The van der Waals surface area contributed by atoms with Crippen molar-refractivity contribution >= 4 is 27.7 Å². The lowest BCUT2D eigenvalue weighted by Crippen LogP contribution is -2.43. The summed E-state index contributed by atoms with van der Waals surface area (Å²) >= 11 is 1.51. The van der Waals surface area contributed by atoms with Gasteiger partial charge in [0.25, 0.3) is 0 Å². The molecular weight excluding hydrogens is 350 g/mol. The summed E-state index contributed by atoms with van der Waals surface area (Å²) in [5.41, 5.74) is 0. The van der Waals surface area contributed by atoms with Gasteiger partial charge in [0.1, 0.15) is 5.75 Å². The Morgan fingerprint density at radius 2 is 1.96 bits per heavy atom. The van der Waals surface area contributed by atoms with Gasteiger partial charge in [-0.2, -0.15) is 0 Å². The minimum absolute atomic E-state index is 0.0545. The zero-order valence-corrected chi connectivity index (χ0v) is 15.0. The van der Waals surface area contributed by atoms with E-state index in [4.69, 9.17) is 9.88 Å². The van der Waals surface area contributed by atoms with Crippen molar-refractivity contribution in [1.82, 2.24) is 10.6 Å². The number of hydrogen-bond donors (Lipinski definition) is 3. The first-order valence-electron chi connectivity index (χ1n) is 7.78. The number of benzene rings is 1. The number of rotatable bonds is 8. The number of ether oxygens (including phenoxy) is 1. The van der Waals surface area contributed by atoms with Crippen LogP contribution in [-0.4, -0.2) is 51.6 Å². The summed E-state index contributed by atoms with van der Waals surface area (Å²) in [5, 5.41) is 11.3. The highest BCUT2D eigenvalue weighted by atomic mass is 32.2. The van der Waals surface area contributed by atoms with Gasteiger partial charge in [-0.25, -0.2) is 13.6 Å². The van der Waals surface area contributed by atoms with Crippen LogP contribution in [0.2, 0.25) is 0 Å². The summed E-state index contributed by atoms with van der Waals surface area (Å²) < 4.78 is 27.8. The highest BCUT2D eigenvalue weighted by Crippen LogP contribution is 2.15. The molecule has 1 aliphatic rings. The lowest BCUT2D eigenvalue weighted by Gasteiger charge is -2.23. The third kappa shape index (κ3) is 6.68. The second-order valence-corrected chi connectivity index (χ2v) is 8.18. The molecule has 9 heteroatoms. The summed E-state index contributed by atoms with van der Waals surface area (Å²) in [4.78, 5) is 11.9. The van der Waals surface area contributed by atoms with Crippen LogP contribution in [-0.2, 0) is 14.8 Å². The van der Waals surface area contributed by atoms with E-state index in [1.165, 1.54) is 23.9 Å². The van der Waals surface area contributed by atoms with Gasteiger partial charge in [0.2, 0.25) is 15.9 Å². The zero-order valence-electron chi connectivity index (χ0n) is 13.4. The molecule has 4 N–H and O–H groups in total. The zero-order chi connectivity index (χ0) is 17.4. The maximum absolute atomic E-state index is 11.8. The molecule has 1 fully saturated rings. The Kier molecular flexibility index (Phi) is 7.35. The third-order valence-corrected chi connectivity index (χ3v) is 5.44. The van der Waals surface area contributed by atoms with Crippen molar-refractivity contribution in [3.05, 3.63) is 24.3 Å². The maximum Gasteiger partial charge on any atom is 0.238 e. The molecule has 0 aromatic heterocycles. The van der Waals surface area contributed by atoms with Crippen LogP contribution in [0.5, 0.6) is 5.75 Å². The summed E-state index contributed by atoms with van der Waals surface area (Å²) in [6.07, 6.45) is 1.96. The monoisotopic (exact) mass is 373 g/mol. The van der Waals surface area contributed by atoms with E-state index >= 15 is 0 Å². The highest BCUT2D eigenvalue weighted by molar-refractivity contribution is 7.99. The smallest absolute Gasteiger partial charge is 0.238 e. The van der Waals surface area contributed by atoms with E-state index in [1.807, 2.05) is 0 Å². The van der Waals surface area contributed by atoms with Crippen LogP contribution in [0.15, 0.2) is 29.2 Å². The summed E-state index contributed by atoms with van der Waals surface area (Å²) in [7, 11) is -3.68. The Morgan fingerprint density at radius 3 is 2.58 bits per heavy atom. The Morgan fingerprint density at radius 1 is 1.29 bits per heavy atom. The summed E-state index contributed by atoms with van der Waals surface area (Å²) in [6.45, 7) is 2.35. The van der Waals surface area contributed by atoms with Gasteiger partial charge in [0.05, 0.1) is 17.3 Å². The average molecular weight is 374 g/mol. The lowest BCUT2D eigenvalue weighted by atomic mass is 10.1. The van der Waals surface area contributed by atoms with Crippen molar-refractivity contribution in [2.75, 3.05) is 31.2 Å². The number of thioether (sulfide) groups is 1. The second-order valence-electron chi connectivity index (χ2n) is 5.51. The number of carbonyl (C=O) groups excluding carboxylic acids is 1. The first-order chi connectivity index (χ1) is 11.4. The molecule has 1 aliphatic heterocycles. The first-order valence-corrected chi connectivity index (χ1v) is 10.5. The molecule has 24 heavy (non-hydrogen) atoms. The number of sulfonamides is 1. The van der Waals surface area contributed by atoms with Gasteiger partial charge < -0.3 is 15.4 Å². The van der Waals surface area contributed by atoms with Gasteiger partial charge in [-0.1, -0.05) is 0 Å². The number of piperidine rings is 1. The minimum Gasteiger partial charge on any atom is -0.493 e. The van der Waals surface area contributed by atoms with Gasteiger partial charge in [0.15, 0.2) is 0 Å². The van der Waals surface area contributed by atoms with Gasteiger partial charge in [-0.05, 0) is 50.2 Å². The SMILES string of the molecule is NS(=O)(=O)c1ccc(OCCSCC(=O)NC2CCNCC2)cc1. The molecule has 134 valence electrons. The van der Waals surface area contributed by atoms with E-state index < -0.39 is 10.0 Å². The van der Waals surface area contributed by atoms with Crippen LogP contribution in [0.1, 0.15) is 12.8 Å². The van der Waals surface area contributed by atoms with E-state index in [9.17, 15) is 13.2 Å². The Hall–Kier alpha value is -1.29. The van der Waals surface area contributed by atoms with Crippen LogP contribution in [0.25, 0.3) is 0 Å². The van der Waals surface area contributed by atoms with E-state index in [0.29, 0.717) is 23.9 Å². The molecule has 1 heterocycles. The van der Waals surface area contributed by atoms with Crippen LogP contribution in [0.4, 0.5) is 0 Å². The van der Waals surface area contributed by atoms with Gasteiger partial charge in [-0.3, -0.25) is 4.79 Å². The van der Waals surface area contributed by atoms with Crippen molar-refractivity contribution in [3.63, 3.8) is 0 Å². The van der Waals surface area contributed by atoms with Crippen LogP contribution >= 0.6 is 11.8 Å². The third-order valence-electron chi connectivity index (χ3n) is 3.59. The predicted octanol–water partition coefficient (Wildman–Crippen LogP) is 0.314. The standard InChI is InChI=1S/C15H23N3O4S2/c16-24(20,21)14-3-1-13(2-4-14)22-9-10-23-11-15(19)18-12-5-7-17-8-6-12/h1-4,12,17H,5-11H2,(H,18,19)(H2,16,20,21). The molecule has 2 rings (SSSR count). The van der Waals surface area contributed by atoms with Crippen molar-refractivity contribution in [2.45, 2.75) is 23.8 Å². The molecule has 0 radical (unpaired) electrons. The summed E-state index contributed by atoms with van der Waals surface area (Å²) in [6, 6.07) is 6.23. The number of carbonyl (C=O) groups is 1. The summed E-state index contributed by atoms with van der Waals surface area (Å²) in [5.74, 6) is 1.72. The van der Waals surface area contributed by atoms with Crippen molar-refractivity contribution < 1.29 is 17.9 Å². The van der Waals surface area contributed by atoms with E-state index in [-0.39, 0.29) is 16.8 Å². The van der Waals surface area contributed by atoms with Crippen molar-refractivity contribution in [1.29, 1.82) is 0 Å². The maximum atomic E-state index is 11.8. The fraction of sp³-hybridized carbons (Fsp3) is 0.533. The molecule has 1 saturated heterocycles. The van der Waals surface area contributed by atoms with Crippen LogP contribution in [0, 0.1) is 0 Å². The van der Waals surface area contributed by atoms with Crippen molar-refractivity contribution in [3.8, 4) is 5.75 Å². The quantitative estimate of drug-likeness (QED) is 0.566. The number of primary sulfonamides is 1. The molecule has 0 bridgehead atoms. The molecule has 0 saturated carbocycles. The molecule has 0 atom stereocenters. The molecule has 0 spiro atoms. The Bertz CT molecular complexity index is 629. The minimum atomic E-state index is -3.68. The fourth-order valence-electron chi connectivity index (χ4n) is 2.34. The van der Waals surface area contributed by atoms with Gasteiger partial charge in [0, 0.05) is 11.8 Å². The molecule has 1 aromatic carbocycles. The van der Waals surface area contributed by atoms with Crippen LogP contribution < -0.4 is 20.5 Å². The molecule has 1 aromatic rings. The molecule has 7 nitrogen and oxygen atoms in total. The average Bonchev–Trinajstić information content (AvgIpc) is 2.55. The van der Waals surface area contributed by atoms with E-state index in [0.717, 1.165) is 25.9 Å². The van der Waals surface area contributed by atoms with Crippen molar-refractivity contribution in [2.24, 2.45) is 5.14 Å². The largest absolute Gasteiger partial charge is 0.493 e. The number of nitrogens with two attached hydrogens (primary N) is 1. The lowest BCUT2D eigenvalue weighted by molar-refractivity contribution is -0.119. The second kappa shape index (κ2) is 9.26. The molecule has 1 amide bonds. The van der Waals surface area contributed by atoms with E-state index in [2.05, 4.69) is 10.6 Å². The fourth-order valence-corrected chi connectivity index (χ4v) is 3.47. The van der Waals surface area contributed by atoms with E-state index in [1.54, 1.807) is 12.1 Å². The predicted molar refractivity (Wildman–Crippen MR) is 94.7 cm³/mol. The number of hydrogen-bond acceptors (Lipinski definition) is 6. The molecule has 0 aliphatic carbocycles. The normalized spacial score (nSPS) is 15.9. The first kappa shape index (κ1) is 19.0. The van der Waals surface area contributed by atoms with Crippen LogP contribution in [0.3, 0.4) is 0 Å². The Labute approximate surface area is 146 Å². The molecule has 0 unspecified atom stereocenters. The number of amides is 1. The van der Waals surface area contributed by atoms with Gasteiger partial charge >= 0.3 is 0 Å². The Balaban J connectivity index is 1.60.